The van der Waals surface area contributed by atoms with Gasteiger partial charge in [-0.2, -0.15) is 0 Å². The van der Waals surface area contributed by atoms with Gasteiger partial charge in [-0.25, -0.2) is 8.78 Å². The Morgan fingerprint density at radius 3 is 2.41 bits per heavy atom. The summed E-state index contributed by atoms with van der Waals surface area (Å²) in [7, 11) is 0. The number of hydrogen-bond donors (Lipinski definition) is 3. The molecule has 0 bridgehead atoms. The van der Waals surface area contributed by atoms with Gasteiger partial charge >= 0.3 is 5.97 Å². The maximum atomic E-state index is 13.5. The largest absolute Gasteiger partial charge is 0.481 e. The third-order valence-corrected chi connectivity index (χ3v) is 6.71. The molecule has 4 rings (SSSR count). The van der Waals surface area contributed by atoms with Gasteiger partial charge in [0.1, 0.15) is 5.69 Å². The predicted octanol–water partition coefficient (Wildman–Crippen LogP) is 3.56. The fourth-order valence-electron chi connectivity index (χ4n) is 4.61. The van der Waals surface area contributed by atoms with Crippen molar-refractivity contribution < 1.29 is 33.1 Å². The monoisotopic (exact) mass is 493 g/mol. The molecule has 1 fully saturated rings. The van der Waals surface area contributed by atoms with E-state index in [0.717, 1.165) is 12.1 Å². The number of aliphatic carboxylic acids is 1. The number of Topliss-reactive ketones (excluding diaryl/α,β-unsaturated/α-hetero) is 1. The van der Waals surface area contributed by atoms with E-state index < -0.39 is 41.1 Å². The van der Waals surface area contributed by atoms with Gasteiger partial charge in [-0.1, -0.05) is 11.6 Å². The second-order valence-electron chi connectivity index (χ2n) is 8.51. The van der Waals surface area contributed by atoms with E-state index in [0.29, 0.717) is 50.8 Å². The van der Waals surface area contributed by atoms with Gasteiger partial charge in [0, 0.05) is 30.0 Å². The van der Waals surface area contributed by atoms with Crippen LogP contribution in [0.25, 0.3) is 0 Å². The molecular formula is C23H22ClF2N3O5. The SMILES string of the molecule is O=C(NC1CCC(C(=O)O)CC1)C(=O)c1c(Cl)c(C(=O)Nc2ccc(F)c(F)c2)c2n1CCC2. The molecule has 2 heterocycles. The van der Waals surface area contributed by atoms with Crippen molar-refractivity contribution in [3.8, 4) is 0 Å². The van der Waals surface area contributed by atoms with Crippen LogP contribution < -0.4 is 10.6 Å². The van der Waals surface area contributed by atoms with Crippen LogP contribution >= 0.6 is 11.6 Å². The number of aromatic nitrogens is 1. The molecule has 180 valence electrons. The number of nitrogens with one attached hydrogen (secondary N) is 2. The van der Waals surface area contributed by atoms with Gasteiger partial charge in [-0.15, -0.1) is 0 Å². The van der Waals surface area contributed by atoms with Gasteiger partial charge in [0.15, 0.2) is 11.6 Å². The number of carboxylic acid groups (broad SMARTS) is 1. The Balaban J connectivity index is 1.52. The van der Waals surface area contributed by atoms with Crippen molar-refractivity contribution in [1.29, 1.82) is 0 Å². The van der Waals surface area contributed by atoms with Crippen LogP contribution in [0.3, 0.4) is 0 Å². The van der Waals surface area contributed by atoms with E-state index in [1.165, 1.54) is 6.07 Å². The summed E-state index contributed by atoms with van der Waals surface area (Å²) in [6.07, 6.45) is 2.79. The Morgan fingerprint density at radius 2 is 1.76 bits per heavy atom. The zero-order valence-electron chi connectivity index (χ0n) is 18.0. The minimum absolute atomic E-state index is 0.0143. The van der Waals surface area contributed by atoms with Crippen molar-refractivity contribution in [2.75, 3.05) is 5.32 Å². The Kier molecular flexibility index (Phi) is 6.70. The lowest BCUT2D eigenvalue weighted by Crippen LogP contribution is -2.42. The summed E-state index contributed by atoms with van der Waals surface area (Å²) in [5.41, 5.74) is 0.423. The summed E-state index contributed by atoms with van der Waals surface area (Å²) in [4.78, 5) is 49.7. The lowest BCUT2D eigenvalue weighted by molar-refractivity contribution is -0.142. The van der Waals surface area contributed by atoms with E-state index in [2.05, 4.69) is 10.6 Å². The minimum Gasteiger partial charge on any atom is -0.481 e. The maximum Gasteiger partial charge on any atom is 0.306 e. The average Bonchev–Trinajstić information content (AvgIpc) is 3.35. The van der Waals surface area contributed by atoms with Crippen LogP contribution in [0, 0.1) is 17.6 Å². The standard InChI is InChI=1S/C23H22ClF2N3O5/c24-18-17(21(31)28-13-7-8-14(25)15(26)10-13)16-2-1-9-29(16)19(18)20(30)22(32)27-12-5-3-11(4-6-12)23(33)34/h7-8,10-12H,1-6,9H2,(H,27,32)(H,28,31)(H,33,34). The fourth-order valence-corrected chi connectivity index (χ4v) is 4.99. The number of fused-ring (bicyclic) bond motifs is 1. The van der Waals surface area contributed by atoms with Gasteiger partial charge < -0.3 is 20.3 Å². The first kappa shape index (κ1) is 23.9. The van der Waals surface area contributed by atoms with Crippen molar-refractivity contribution >= 4 is 40.9 Å². The molecule has 2 amide bonds. The molecule has 1 aromatic heterocycles. The molecule has 0 radical (unpaired) electrons. The van der Waals surface area contributed by atoms with Gasteiger partial charge in [0.25, 0.3) is 17.6 Å². The van der Waals surface area contributed by atoms with Gasteiger partial charge in [-0.3, -0.25) is 19.2 Å². The summed E-state index contributed by atoms with van der Waals surface area (Å²) in [6.45, 7) is 0.394. The molecule has 2 aromatic rings. The second-order valence-corrected chi connectivity index (χ2v) is 8.89. The van der Waals surface area contributed by atoms with Crippen molar-refractivity contribution in [3.63, 3.8) is 0 Å². The Morgan fingerprint density at radius 1 is 1.06 bits per heavy atom. The summed E-state index contributed by atoms with van der Waals surface area (Å²) in [6, 6.07) is 2.57. The van der Waals surface area contributed by atoms with Crippen molar-refractivity contribution in [1.82, 2.24) is 9.88 Å². The minimum atomic E-state index is -1.13. The zero-order chi connectivity index (χ0) is 24.6. The number of carbonyl (C=O) groups is 4. The number of ketones is 1. The van der Waals surface area contributed by atoms with Crippen molar-refractivity contribution in [2.45, 2.75) is 51.1 Å². The number of nitrogens with zero attached hydrogens (tertiary/aromatic N) is 1. The molecule has 0 unspecified atom stereocenters. The van der Waals surface area contributed by atoms with Crippen LogP contribution in [0.2, 0.25) is 5.02 Å². The highest BCUT2D eigenvalue weighted by molar-refractivity contribution is 6.48. The first-order valence-corrected chi connectivity index (χ1v) is 11.3. The number of carboxylic acids is 1. The quantitative estimate of drug-likeness (QED) is 0.420. The van der Waals surface area contributed by atoms with Gasteiger partial charge in [0.05, 0.1) is 16.5 Å². The number of carbonyl (C=O) groups excluding carboxylic acids is 3. The molecule has 0 atom stereocenters. The fraction of sp³-hybridized carbons (Fsp3) is 0.391. The molecule has 1 saturated carbocycles. The van der Waals surface area contributed by atoms with Crippen LogP contribution in [-0.2, 0) is 22.6 Å². The third kappa shape index (κ3) is 4.54. The lowest BCUT2D eigenvalue weighted by Gasteiger charge is -2.26. The molecule has 3 N–H and O–H groups in total. The number of anilines is 1. The smallest absolute Gasteiger partial charge is 0.306 e. The predicted molar refractivity (Wildman–Crippen MR) is 118 cm³/mol. The number of rotatable bonds is 6. The molecular weight excluding hydrogens is 472 g/mol. The van der Waals surface area contributed by atoms with Crippen molar-refractivity contribution in [2.24, 2.45) is 5.92 Å². The molecule has 1 aliphatic heterocycles. The average molecular weight is 494 g/mol. The molecule has 1 aromatic carbocycles. The number of benzene rings is 1. The highest BCUT2D eigenvalue weighted by Crippen LogP contribution is 2.34. The molecule has 0 spiro atoms. The molecule has 1 aliphatic carbocycles. The highest BCUT2D eigenvalue weighted by atomic mass is 35.5. The summed E-state index contributed by atoms with van der Waals surface area (Å²) < 4.78 is 28.2. The normalized spacial score (nSPS) is 19.4. The van der Waals surface area contributed by atoms with E-state index in [1.807, 2.05) is 0 Å². The molecule has 34 heavy (non-hydrogen) atoms. The van der Waals surface area contributed by atoms with E-state index in [4.69, 9.17) is 16.7 Å². The number of hydrogen-bond acceptors (Lipinski definition) is 4. The lowest BCUT2D eigenvalue weighted by atomic mass is 9.86. The molecule has 8 nitrogen and oxygen atoms in total. The van der Waals surface area contributed by atoms with E-state index in [9.17, 15) is 28.0 Å². The molecule has 0 saturated heterocycles. The third-order valence-electron chi connectivity index (χ3n) is 6.34. The Hall–Kier alpha value is -3.27. The van der Waals surface area contributed by atoms with Crippen LogP contribution in [0.15, 0.2) is 18.2 Å². The van der Waals surface area contributed by atoms with E-state index in [1.54, 1.807) is 4.57 Å². The molecule has 2 aliphatic rings. The summed E-state index contributed by atoms with van der Waals surface area (Å²) in [5, 5.41) is 14.0. The van der Waals surface area contributed by atoms with Gasteiger partial charge in [-0.05, 0) is 50.7 Å². The highest BCUT2D eigenvalue weighted by Gasteiger charge is 2.35. The Labute approximate surface area is 198 Å². The van der Waals surface area contributed by atoms with Gasteiger partial charge in [0.2, 0.25) is 0 Å². The van der Waals surface area contributed by atoms with Crippen molar-refractivity contribution in [3.05, 3.63) is 51.8 Å². The van der Waals surface area contributed by atoms with E-state index >= 15 is 0 Å². The Bertz CT molecular complexity index is 1190. The topological polar surface area (TPSA) is 118 Å². The molecule has 11 heteroatoms. The number of amides is 2. The zero-order valence-corrected chi connectivity index (χ0v) is 18.8. The van der Waals surface area contributed by atoms with Crippen LogP contribution in [0.5, 0.6) is 0 Å². The van der Waals surface area contributed by atoms with Crippen LogP contribution in [0.1, 0.15) is 58.6 Å². The van der Waals surface area contributed by atoms with Crippen LogP contribution in [0.4, 0.5) is 14.5 Å². The first-order valence-electron chi connectivity index (χ1n) is 10.9. The summed E-state index contributed by atoms with van der Waals surface area (Å²) >= 11 is 6.42. The van der Waals surface area contributed by atoms with Crippen LogP contribution in [-0.4, -0.2) is 39.3 Å². The van der Waals surface area contributed by atoms with E-state index in [-0.39, 0.29) is 28.0 Å². The first-order chi connectivity index (χ1) is 16.2. The second kappa shape index (κ2) is 9.54. The maximum absolute atomic E-state index is 13.5. The number of halogens is 3. The summed E-state index contributed by atoms with van der Waals surface area (Å²) in [5.74, 6) is -5.98.